The van der Waals surface area contributed by atoms with Crippen molar-refractivity contribution in [3.05, 3.63) is 35.4 Å². The third kappa shape index (κ3) is 5.72. The molecule has 0 saturated carbocycles. The molecule has 19 heavy (non-hydrogen) atoms. The summed E-state index contributed by atoms with van der Waals surface area (Å²) in [4.78, 5) is 0. The summed E-state index contributed by atoms with van der Waals surface area (Å²) in [5.41, 5.74) is 8.37. The molecular weight excluding hydrogens is 236 g/mol. The molecule has 108 valence electrons. The normalized spacial score (nSPS) is 12.9. The van der Waals surface area contributed by atoms with Gasteiger partial charge < -0.3 is 15.8 Å². The second kappa shape index (κ2) is 9.08. The molecule has 0 aromatic heterocycles. The summed E-state index contributed by atoms with van der Waals surface area (Å²) in [5.74, 6) is 1.16. The molecule has 0 amide bonds. The summed E-state index contributed by atoms with van der Waals surface area (Å²) in [6.07, 6.45) is 0. The fourth-order valence-electron chi connectivity index (χ4n) is 2.07. The standard InChI is InChI=1S/C16H28N2O/c1-4-19-12-15-8-6-5-7-14(15)10-18-11-16(9-17)13(2)3/h5-8,13,16,18H,4,9-12,17H2,1-3H3. The van der Waals surface area contributed by atoms with Gasteiger partial charge in [0.2, 0.25) is 0 Å². The highest BCUT2D eigenvalue weighted by Crippen LogP contribution is 2.11. The van der Waals surface area contributed by atoms with Crippen LogP contribution in [-0.2, 0) is 17.9 Å². The van der Waals surface area contributed by atoms with Crippen molar-refractivity contribution in [3.63, 3.8) is 0 Å². The van der Waals surface area contributed by atoms with Crippen LogP contribution in [0.5, 0.6) is 0 Å². The van der Waals surface area contributed by atoms with Gasteiger partial charge in [-0.3, -0.25) is 0 Å². The van der Waals surface area contributed by atoms with Gasteiger partial charge in [-0.1, -0.05) is 38.1 Å². The van der Waals surface area contributed by atoms with Gasteiger partial charge >= 0.3 is 0 Å². The summed E-state index contributed by atoms with van der Waals surface area (Å²) in [7, 11) is 0. The van der Waals surface area contributed by atoms with Gasteiger partial charge in [-0.15, -0.1) is 0 Å². The highest BCUT2D eigenvalue weighted by atomic mass is 16.5. The number of ether oxygens (including phenoxy) is 1. The molecule has 1 aromatic carbocycles. The number of hydrogen-bond donors (Lipinski definition) is 2. The predicted molar refractivity (Wildman–Crippen MR) is 80.9 cm³/mol. The first-order chi connectivity index (χ1) is 9.19. The van der Waals surface area contributed by atoms with Crippen molar-refractivity contribution in [1.82, 2.24) is 5.32 Å². The van der Waals surface area contributed by atoms with Crippen LogP contribution < -0.4 is 11.1 Å². The molecule has 3 nitrogen and oxygen atoms in total. The first-order valence-corrected chi connectivity index (χ1v) is 7.24. The molecule has 0 bridgehead atoms. The molecule has 3 heteroatoms. The fraction of sp³-hybridized carbons (Fsp3) is 0.625. The average Bonchev–Trinajstić information content (AvgIpc) is 2.42. The van der Waals surface area contributed by atoms with Gasteiger partial charge in [0.25, 0.3) is 0 Å². The third-order valence-electron chi connectivity index (χ3n) is 3.55. The maximum atomic E-state index is 5.79. The Morgan fingerprint density at radius 1 is 1.21 bits per heavy atom. The first-order valence-electron chi connectivity index (χ1n) is 7.24. The minimum Gasteiger partial charge on any atom is -0.377 e. The largest absolute Gasteiger partial charge is 0.377 e. The van der Waals surface area contributed by atoms with E-state index in [0.717, 1.165) is 26.2 Å². The van der Waals surface area contributed by atoms with E-state index in [4.69, 9.17) is 10.5 Å². The minimum absolute atomic E-state index is 0.541. The van der Waals surface area contributed by atoms with Crippen molar-refractivity contribution in [1.29, 1.82) is 0 Å². The van der Waals surface area contributed by atoms with Crippen LogP contribution in [0.4, 0.5) is 0 Å². The van der Waals surface area contributed by atoms with E-state index in [1.165, 1.54) is 11.1 Å². The van der Waals surface area contributed by atoms with Crippen LogP contribution in [0.1, 0.15) is 31.9 Å². The van der Waals surface area contributed by atoms with Crippen molar-refractivity contribution < 1.29 is 4.74 Å². The molecule has 3 N–H and O–H groups in total. The molecular formula is C16H28N2O. The average molecular weight is 264 g/mol. The summed E-state index contributed by atoms with van der Waals surface area (Å²) >= 11 is 0. The summed E-state index contributed by atoms with van der Waals surface area (Å²) in [6.45, 7) is 10.5. The maximum absolute atomic E-state index is 5.79. The highest BCUT2D eigenvalue weighted by Gasteiger charge is 2.11. The Kier molecular flexibility index (Phi) is 7.72. The van der Waals surface area contributed by atoms with Crippen LogP contribution in [-0.4, -0.2) is 19.7 Å². The van der Waals surface area contributed by atoms with Crippen molar-refractivity contribution in [3.8, 4) is 0 Å². The first kappa shape index (κ1) is 16.2. The van der Waals surface area contributed by atoms with Gasteiger partial charge in [0.05, 0.1) is 6.61 Å². The van der Waals surface area contributed by atoms with Gasteiger partial charge in [-0.05, 0) is 43.0 Å². The fourth-order valence-corrected chi connectivity index (χ4v) is 2.07. The Morgan fingerprint density at radius 2 is 1.89 bits per heavy atom. The molecule has 1 aromatic rings. The van der Waals surface area contributed by atoms with E-state index in [2.05, 4.69) is 43.4 Å². The van der Waals surface area contributed by atoms with Crippen molar-refractivity contribution in [2.45, 2.75) is 33.9 Å². The molecule has 0 saturated heterocycles. The highest BCUT2D eigenvalue weighted by molar-refractivity contribution is 5.26. The molecule has 0 aliphatic rings. The molecule has 0 spiro atoms. The molecule has 1 rings (SSSR count). The number of hydrogen-bond acceptors (Lipinski definition) is 3. The smallest absolute Gasteiger partial charge is 0.0719 e. The molecule has 0 radical (unpaired) electrons. The van der Waals surface area contributed by atoms with Crippen LogP contribution in [0.25, 0.3) is 0 Å². The van der Waals surface area contributed by atoms with E-state index >= 15 is 0 Å². The number of nitrogens with two attached hydrogens (primary N) is 1. The molecule has 0 aliphatic carbocycles. The molecule has 0 aliphatic heterocycles. The zero-order valence-electron chi connectivity index (χ0n) is 12.5. The molecule has 0 fully saturated rings. The molecule has 1 atom stereocenters. The Hall–Kier alpha value is -0.900. The van der Waals surface area contributed by atoms with Crippen LogP contribution in [0, 0.1) is 11.8 Å². The summed E-state index contributed by atoms with van der Waals surface area (Å²) in [5, 5.41) is 3.52. The lowest BCUT2D eigenvalue weighted by Crippen LogP contribution is -2.31. The van der Waals surface area contributed by atoms with Gasteiger partial charge in [0.1, 0.15) is 0 Å². The maximum Gasteiger partial charge on any atom is 0.0719 e. The van der Waals surface area contributed by atoms with E-state index in [0.29, 0.717) is 18.4 Å². The Morgan fingerprint density at radius 3 is 2.47 bits per heavy atom. The minimum atomic E-state index is 0.541. The Labute approximate surface area is 117 Å². The number of rotatable bonds is 9. The molecule has 1 unspecified atom stereocenters. The van der Waals surface area contributed by atoms with Gasteiger partial charge in [0.15, 0.2) is 0 Å². The predicted octanol–water partition coefficient (Wildman–Crippen LogP) is 2.54. The van der Waals surface area contributed by atoms with E-state index in [-0.39, 0.29) is 0 Å². The topological polar surface area (TPSA) is 47.3 Å². The lowest BCUT2D eigenvalue weighted by molar-refractivity contribution is 0.133. The van der Waals surface area contributed by atoms with Gasteiger partial charge in [0, 0.05) is 13.2 Å². The second-order valence-corrected chi connectivity index (χ2v) is 5.28. The third-order valence-corrected chi connectivity index (χ3v) is 3.55. The van der Waals surface area contributed by atoms with E-state index in [9.17, 15) is 0 Å². The summed E-state index contributed by atoms with van der Waals surface area (Å²) in [6, 6.07) is 8.44. The van der Waals surface area contributed by atoms with Crippen LogP contribution in [0.2, 0.25) is 0 Å². The lowest BCUT2D eigenvalue weighted by atomic mass is 9.96. The van der Waals surface area contributed by atoms with Gasteiger partial charge in [-0.25, -0.2) is 0 Å². The molecule has 0 heterocycles. The van der Waals surface area contributed by atoms with Gasteiger partial charge in [-0.2, -0.15) is 0 Å². The summed E-state index contributed by atoms with van der Waals surface area (Å²) < 4.78 is 5.50. The SMILES string of the molecule is CCOCc1ccccc1CNCC(CN)C(C)C. The van der Waals surface area contributed by atoms with Crippen LogP contribution in [0.15, 0.2) is 24.3 Å². The van der Waals surface area contributed by atoms with E-state index in [1.807, 2.05) is 6.92 Å². The zero-order valence-corrected chi connectivity index (χ0v) is 12.5. The Bertz CT molecular complexity index is 352. The van der Waals surface area contributed by atoms with Crippen molar-refractivity contribution in [2.24, 2.45) is 17.6 Å². The lowest BCUT2D eigenvalue weighted by Gasteiger charge is -2.20. The van der Waals surface area contributed by atoms with Crippen molar-refractivity contribution in [2.75, 3.05) is 19.7 Å². The second-order valence-electron chi connectivity index (χ2n) is 5.28. The Balaban J connectivity index is 2.48. The van der Waals surface area contributed by atoms with Crippen molar-refractivity contribution >= 4 is 0 Å². The van der Waals surface area contributed by atoms with Crippen LogP contribution >= 0.6 is 0 Å². The number of nitrogens with one attached hydrogen (secondary N) is 1. The number of benzene rings is 1. The van der Waals surface area contributed by atoms with E-state index < -0.39 is 0 Å². The monoisotopic (exact) mass is 264 g/mol. The van der Waals surface area contributed by atoms with E-state index in [1.54, 1.807) is 0 Å². The quantitative estimate of drug-likeness (QED) is 0.720. The van der Waals surface area contributed by atoms with Crippen LogP contribution in [0.3, 0.4) is 0 Å². The zero-order chi connectivity index (χ0) is 14.1.